The lowest BCUT2D eigenvalue weighted by molar-refractivity contribution is -0.384. The van der Waals surface area contributed by atoms with Crippen molar-refractivity contribution in [2.45, 2.75) is 0 Å². The Kier molecular flexibility index (Phi) is 3.98. The lowest BCUT2D eigenvalue weighted by Gasteiger charge is -2.05. The number of aromatic nitrogens is 3. The third kappa shape index (κ3) is 3.40. The summed E-state index contributed by atoms with van der Waals surface area (Å²) >= 11 is 17.0. The van der Waals surface area contributed by atoms with E-state index in [0.717, 1.165) is 0 Å². The number of hydrogen-bond donors (Lipinski definition) is 1. The van der Waals surface area contributed by atoms with Crippen LogP contribution < -0.4 is 5.32 Å². The van der Waals surface area contributed by atoms with Crippen LogP contribution in [0.25, 0.3) is 0 Å². The molecule has 1 aromatic heterocycles. The Morgan fingerprint density at radius 3 is 2.26 bits per heavy atom. The quantitative estimate of drug-likeness (QED) is 0.687. The van der Waals surface area contributed by atoms with Gasteiger partial charge in [-0.05, 0) is 35.3 Å². The van der Waals surface area contributed by atoms with Gasteiger partial charge in [0.25, 0.3) is 5.69 Å². The zero-order valence-electron chi connectivity index (χ0n) is 8.97. The minimum atomic E-state index is -0.581. The van der Waals surface area contributed by atoms with Crippen molar-refractivity contribution in [3.05, 3.63) is 43.9 Å². The second kappa shape index (κ2) is 5.52. The average molecular weight is 321 g/mol. The van der Waals surface area contributed by atoms with E-state index in [1.165, 1.54) is 18.2 Å². The lowest BCUT2D eigenvalue weighted by atomic mass is 10.3. The highest BCUT2D eigenvalue weighted by molar-refractivity contribution is 6.33. The molecule has 0 saturated heterocycles. The number of halogens is 3. The summed E-state index contributed by atoms with van der Waals surface area (Å²) in [5, 5.41) is 13.2. The molecule has 2 rings (SSSR count). The van der Waals surface area contributed by atoms with E-state index in [0.29, 0.717) is 5.69 Å². The molecule has 10 heteroatoms. The first kappa shape index (κ1) is 13.7. The van der Waals surface area contributed by atoms with Crippen LogP contribution in [0.3, 0.4) is 0 Å². The molecule has 98 valence electrons. The average Bonchev–Trinajstić information content (AvgIpc) is 2.26. The number of hydrogen-bond acceptors (Lipinski definition) is 6. The summed E-state index contributed by atoms with van der Waals surface area (Å²) in [6.45, 7) is 0. The van der Waals surface area contributed by atoms with Gasteiger partial charge in [-0.1, -0.05) is 11.6 Å². The molecule has 2 aromatic rings. The molecule has 0 unspecified atom stereocenters. The zero-order valence-corrected chi connectivity index (χ0v) is 11.2. The summed E-state index contributed by atoms with van der Waals surface area (Å²) in [6, 6.07) is 4.08. The third-order valence-corrected chi connectivity index (χ3v) is 2.62. The van der Waals surface area contributed by atoms with Crippen LogP contribution in [0.2, 0.25) is 15.6 Å². The van der Waals surface area contributed by atoms with Crippen LogP contribution in [0.15, 0.2) is 18.2 Å². The smallest absolute Gasteiger partial charge is 0.288 e. The molecular formula is C9H4Cl3N5O2. The monoisotopic (exact) mass is 319 g/mol. The zero-order chi connectivity index (χ0) is 14.0. The van der Waals surface area contributed by atoms with Gasteiger partial charge in [0, 0.05) is 11.8 Å². The summed E-state index contributed by atoms with van der Waals surface area (Å²) in [4.78, 5) is 21.2. The summed E-state index contributed by atoms with van der Waals surface area (Å²) in [6.07, 6.45) is 0. The van der Waals surface area contributed by atoms with Crippen LogP contribution in [-0.2, 0) is 0 Å². The molecule has 7 nitrogen and oxygen atoms in total. The topological polar surface area (TPSA) is 93.8 Å². The van der Waals surface area contributed by atoms with Gasteiger partial charge in [-0.25, -0.2) is 0 Å². The molecule has 1 aromatic carbocycles. The predicted octanol–water partition coefficient (Wildman–Crippen LogP) is 3.48. The highest BCUT2D eigenvalue weighted by Gasteiger charge is 2.12. The summed E-state index contributed by atoms with van der Waals surface area (Å²) in [7, 11) is 0. The van der Waals surface area contributed by atoms with E-state index in [1.54, 1.807) is 0 Å². The highest BCUT2D eigenvalue weighted by atomic mass is 35.5. The molecule has 0 radical (unpaired) electrons. The molecule has 0 aliphatic rings. The van der Waals surface area contributed by atoms with Crippen LogP contribution in [0, 0.1) is 10.1 Å². The van der Waals surface area contributed by atoms with Crippen molar-refractivity contribution in [1.82, 2.24) is 15.0 Å². The van der Waals surface area contributed by atoms with Gasteiger partial charge in [0.1, 0.15) is 5.02 Å². The number of anilines is 2. The first-order valence-corrected chi connectivity index (χ1v) is 5.87. The molecule has 0 atom stereocenters. The summed E-state index contributed by atoms with van der Waals surface area (Å²) < 4.78 is 0. The summed E-state index contributed by atoms with van der Waals surface area (Å²) in [5.41, 5.74) is 0.257. The summed E-state index contributed by atoms with van der Waals surface area (Å²) in [5.74, 6) is 0.106. The molecule has 0 spiro atoms. The van der Waals surface area contributed by atoms with Crippen molar-refractivity contribution in [1.29, 1.82) is 0 Å². The van der Waals surface area contributed by atoms with E-state index < -0.39 is 4.92 Å². The van der Waals surface area contributed by atoms with E-state index in [9.17, 15) is 10.1 Å². The number of rotatable bonds is 3. The molecule has 0 saturated carbocycles. The standard InChI is InChI=1S/C9H4Cl3N5O2/c10-5-3-4(1-2-6(5)17(18)19)13-9-15-7(11)14-8(12)16-9/h1-3H,(H,13,14,15,16). The van der Waals surface area contributed by atoms with Crippen molar-refractivity contribution in [2.24, 2.45) is 0 Å². The van der Waals surface area contributed by atoms with Gasteiger partial charge < -0.3 is 5.32 Å². The van der Waals surface area contributed by atoms with Crippen LogP contribution >= 0.6 is 34.8 Å². The highest BCUT2D eigenvalue weighted by Crippen LogP contribution is 2.28. The molecule has 1 heterocycles. The Hall–Kier alpha value is -1.70. The largest absolute Gasteiger partial charge is 0.324 e. The van der Waals surface area contributed by atoms with Crippen molar-refractivity contribution in [2.75, 3.05) is 5.32 Å². The number of benzene rings is 1. The SMILES string of the molecule is O=[N+]([O-])c1ccc(Nc2nc(Cl)nc(Cl)n2)cc1Cl. The maximum absolute atomic E-state index is 10.6. The lowest BCUT2D eigenvalue weighted by Crippen LogP contribution is -1.99. The number of nitrogens with one attached hydrogen (secondary N) is 1. The molecule has 0 aliphatic heterocycles. The molecular weight excluding hydrogens is 316 g/mol. The van der Waals surface area contributed by atoms with Gasteiger partial charge in [-0.15, -0.1) is 0 Å². The Morgan fingerprint density at radius 2 is 1.74 bits per heavy atom. The van der Waals surface area contributed by atoms with E-state index in [-0.39, 0.29) is 27.2 Å². The fourth-order valence-corrected chi connectivity index (χ4v) is 1.86. The molecule has 1 N–H and O–H groups in total. The molecule has 19 heavy (non-hydrogen) atoms. The van der Waals surface area contributed by atoms with Gasteiger partial charge in [0.2, 0.25) is 16.5 Å². The maximum atomic E-state index is 10.6. The van der Waals surface area contributed by atoms with Crippen LogP contribution in [0.5, 0.6) is 0 Å². The van der Waals surface area contributed by atoms with Crippen molar-refractivity contribution < 1.29 is 4.92 Å². The molecule has 0 aliphatic carbocycles. The normalized spacial score (nSPS) is 10.3. The van der Waals surface area contributed by atoms with E-state index >= 15 is 0 Å². The number of nitro groups is 1. The minimum absolute atomic E-state index is 0.0127. The maximum Gasteiger partial charge on any atom is 0.288 e. The second-order valence-electron chi connectivity index (χ2n) is 3.25. The van der Waals surface area contributed by atoms with Crippen molar-refractivity contribution in [3.63, 3.8) is 0 Å². The van der Waals surface area contributed by atoms with Crippen LogP contribution in [0.4, 0.5) is 17.3 Å². The first-order valence-electron chi connectivity index (χ1n) is 4.74. The van der Waals surface area contributed by atoms with Gasteiger partial charge >= 0.3 is 0 Å². The Balaban J connectivity index is 2.28. The third-order valence-electron chi connectivity index (χ3n) is 1.98. The first-order chi connectivity index (χ1) is 8.95. The van der Waals surface area contributed by atoms with Gasteiger partial charge in [0.05, 0.1) is 4.92 Å². The van der Waals surface area contributed by atoms with Gasteiger partial charge in [-0.2, -0.15) is 15.0 Å². The Morgan fingerprint density at radius 1 is 1.11 bits per heavy atom. The number of nitro benzene ring substituents is 1. The molecule has 0 bridgehead atoms. The van der Waals surface area contributed by atoms with Gasteiger partial charge in [-0.3, -0.25) is 10.1 Å². The van der Waals surface area contributed by atoms with Crippen molar-refractivity contribution >= 4 is 52.1 Å². The minimum Gasteiger partial charge on any atom is -0.324 e. The Bertz CT molecular complexity index is 631. The Labute approximate surface area is 121 Å². The predicted molar refractivity (Wildman–Crippen MR) is 71.2 cm³/mol. The van der Waals surface area contributed by atoms with E-state index in [2.05, 4.69) is 20.3 Å². The molecule has 0 amide bonds. The fraction of sp³-hybridized carbons (Fsp3) is 0. The van der Waals surface area contributed by atoms with Crippen molar-refractivity contribution in [3.8, 4) is 0 Å². The fourth-order valence-electron chi connectivity index (χ4n) is 1.24. The van der Waals surface area contributed by atoms with E-state index in [4.69, 9.17) is 34.8 Å². The van der Waals surface area contributed by atoms with Crippen LogP contribution in [-0.4, -0.2) is 19.9 Å². The van der Waals surface area contributed by atoms with Crippen LogP contribution in [0.1, 0.15) is 0 Å². The van der Waals surface area contributed by atoms with Gasteiger partial charge in [0.15, 0.2) is 0 Å². The van der Waals surface area contributed by atoms with E-state index in [1.807, 2.05) is 0 Å². The molecule has 0 fully saturated rings. The number of nitrogens with zero attached hydrogens (tertiary/aromatic N) is 4. The second-order valence-corrected chi connectivity index (χ2v) is 4.33.